The lowest BCUT2D eigenvalue weighted by Gasteiger charge is -2.39. The van der Waals surface area contributed by atoms with Crippen LogP contribution in [0.3, 0.4) is 0 Å². The molecule has 3 aromatic rings. The second kappa shape index (κ2) is 12.2. The van der Waals surface area contributed by atoms with Crippen LogP contribution in [-0.4, -0.2) is 54.0 Å². The van der Waals surface area contributed by atoms with Crippen molar-refractivity contribution >= 4 is 16.7 Å². The average molecular weight is 500 g/mol. The molecule has 1 saturated heterocycles. The maximum Gasteiger partial charge on any atom is 0.228 e. The SMILES string of the molecule is CC(C)N(CCC(CCN1CCC(c2ccccc2)CC1)(C(N)=O)c1cccc2ccccc12)C(C)C. The van der Waals surface area contributed by atoms with Crippen LogP contribution in [0.15, 0.2) is 72.8 Å². The number of hydrogen-bond acceptors (Lipinski definition) is 3. The summed E-state index contributed by atoms with van der Waals surface area (Å²) in [6, 6.07) is 26.5. The van der Waals surface area contributed by atoms with Crippen molar-refractivity contribution in [3.63, 3.8) is 0 Å². The Morgan fingerprint density at radius 2 is 1.51 bits per heavy atom. The quantitative estimate of drug-likeness (QED) is 0.335. The van der Waals surface area contributed by atoms with E-state index in [1.54, 1.807) is 0 Å². The molecular formula is C33H45N3O. The van der Waals surface area contributed by atoms with Gasteiger partial charge in [-0.3, -0.25) is 9.69 Å². The van der Waals surface area contributed by atoms with E-state index >= 15 is 0 Å². The summed E-state index contributed by atoms with van der Waals surface area (Å²) in [6.07, 6.45) is 3.80. The second-order valence-corrected chi connectivity index (χ2v) is 11.4. The number of likely N-dealkylation sites (tertiary alicyclic amines) is 1. The highest BCUT2D eigenvalue weighted by molar-refractivity contribution is 5.95. The van der Waals surface area contributed by atoms with Crippen LogP contribution in [0.25, 0.3) is 10.8 Å². The van der Waals surface area contributed by atoms with Crippen LogP contribution < -0.4 is 5.73 Å². The highest BCUT2D eigenvalue weighted by Gasteiger charge is 2.40. The van der Waals surface area contributed by atoms with Gasteiger partial charge < -0.3 is 10.6 Å². The molecule has 1 unspecified atom stereocenters. The van der Waals surface area contributed by atoms with E-state index < -0.39 is 5.41 Å². The largest absolute Gasteiger partial charge is 0.369 e. The molecule has 0 aliphatic carbocycles. The summed E-state index contributed by atoms with van der Waals surface area (Å²) in [4.78, 5) is 18.5. The Morgan fingerprint density at radius 1 is 0.892 bits per heavy atom. The third kappa shape index (κ3) is 6.25. The van der Waals surface area contributed by atoms with Gasteiger partial charge in [-0.15, -0.1) is 0 Å². The zero-order chi connectivity index (χ0) is 26.4. The molecule has 1 aliphatic heterocycles. The minimum absolute atomic E-state index is 0.199. The summed E-state index contributed by atoms with van der Waals surface area (Å²) >= 11 is 0. The molecular weight excluding hydrogens is 454 g/mol. The first-order chi connectivity index (χ1) is 17.8. The standard InChI is InChI=1S/C33H45N3O/c1-25(2)36(26(3)4)24-20-33(32(34)37,31-16-10-14-29-13-8-9-15-30(29)31)19-23-35-21-17-28(18-22-35)27-11-6-5-7-12-27/h5-16,25-26,28H,17-24H2,1-4H3,(H2,34,37). The highest BCUT2D eigenvalue weighted by Crippen LogP contribution is 2.38. The van der Waals surface area contributed by atoms with Gasteiger partial charge in [0, 0.05) is 18.6 Å². The number of fused-ring (bicyclic) bond motifs is 1. The predicted molar refractivity (Wildman–Crippen MR) is 156 cm³/mol. The monoisotopic (exact) mass is 499 g/mol. The Labute approximate surface area is 223 Å². The molecule has 0 saturated carbocycles. The molecule has 0 radical (unpaired) electrons. The van der Waals surface area contributed by atoms with Crippen molar-refractivity contribution < 1.29 is 4.79 Å². The molecule has 4 nitrogen and oxygen atoms in total. The summed E-state index contributed by atoms with van der Waals surface area (Å²) in [5.74, 6) is 0.428. The zero-order valence-corrected chi connectivity index (χ0v) is 23.2. The first kappa shape index (κ1) is 27.3. The first-order valence-corrected chi connectivity index (χ1v) is 14.1. The van der Waals surface area contributed by atoms with Crippen LogP contribution in [-0.2, 0) is 10.2 Å². The van der Waals surface area contributed by atoms with E-state index in [0.717, 1.165) is 62.8 Å². The number of nitrogens with two attached hydrogens (primary N) is 1. The van der Waals surface area contributed by atoms with E-state index in [-0.39, 0.29) is 5.91 Å². The molecule has 198 valence electrons. The Balaban J connectivity index is 1.59. The van der Waals surface area contributed by atoms with Gasteiger partial charge >= 0.3 is 0 Å². The van der Waals surface area contributed by atoms with Crippen molar-refractivity contribution in [1.82, 2.24) is 9.80 Å². The lowest BCUT2D eigenvalue weighted by atomic mass is 9.72. The molecule has 37 heavy (non-hydrogen) atoms. The van der Waals surface area contributed by atoms with Crippen molar-refractivity contribution in [2.75, 3.05) is 26.2 Å². The van der Waals surface area contributed by atoms with Gasteiger partial charge in [0.15, 0.2) is 0 Å². The van der Waals surface area contributed by atoms with Crippen LogP contribution >= 0.6 is 0 Å². The van der Waals surface area contributed by atoms with Gasteiger partial charge in [-0.2, -0.15) is 0 Å². The first-order valence-electron chi connectivity index (χ1n) is 14.1. The summed E-state index contributed by atoms with van der Waals surface area (Å²) in [5.41, 5.74) is 8.20. The fraction of sp³-hybridized carbons (Fsp3) is 0.485. The van der Waals surface area contributed by atoms with E-state index in [1.165, 1.54) is 10.9 Å². The molecule has 0 spiro atoms. The average Bonchev–Trinajstić information content (AvgIpc) is 2.90. The van der Waals surface area contributed by atoms with Crippen molar-refractivity contribution in [1.29, 1.82) is 0 Å². The van der Waals surface area contributed by atoms with E-state index in [0.29, 0.717) is 18.0 Å². The normalized spacial score (nSPS) is 17.1. The fourth-order valence-corrected chi connectivity index (χ4v) is 6.41. The molecule has 1 amide bonds. The minimum atomic E-state index is -0.709. The number of carbonyl (C=O) groups excluding carboxylic acids is 1. The summed E-state index contributed by atoms with van der Waals surface area (Å²) in [7, 11) is 0. The zero-order valence-electron chi connectivity index (χ0n) is 23.2. The molecule has 4 rings (SSSR count). The van der Waals surface area contributed by atoms with Crippen molar-refractivity contribution in [2.45, 2.75) is 76.8 Å². The van der Waals surface area contributed by atoms with E-state index in [1.807, 2.05) is 0 Å². The maximum atomic E-state index is 13.5. The number of primary amides is 1. The fourth-order valence-electron chi connectivity index (χ4n) is 6.41. The molecule has 3 aromatic carbocycles. The molecule has 2 N–H and O–H groups in total. The Bertz CT molecular complexity index is 1140. The van der Waals surface area contributed by atoms with Crippen molar-refractivity contribution in [3.8, 4) is 0 Å². The lowest BCUT2D eigenvalue weighted by molar-refractivity contribution is -0.124. The number of carbonyl (C=O) groups is 1. The van der Waals surface area contributed by atoms with Crippen LogP contribution in [0.4, 0.5) is 0 Å². The molecule has 1 aliphatic rings. The van der Waals surface area contributed by atoms with Gasteiger partial charge in [-0.1, -0.05) is 72.8 Å². The molecule has 1 heterocycles. The van der Waals surface area contributed by atoms with E-state index in [2.05, 4.69) is 110 Å². The highest BCUT2D eigenvalue weighted by atomic mass is 16.1. The predicted octanol–water partition coefficient (Wildman–Crippen LogP) is 6.34. The van der Waals surface area contributed by atoms with Crippen molar-refractivity contribution in [2.24, 2.45) is 5.73 Å². The van der Waals surface area contributed by atoms with Crippen LogP contribution in [0.5, 0.6) is 0 Å². The molecule has 0 bridgehead atoms. The van der Waals surface area contributed by atoms with E-state index in [9.17, 15) is 4.79 Å². The van der Waals surface area contributed by atoms with Gasteiger partial charge in [-0.25, -0.2) is 0 Å². The topological polar surface area (TPSA) is 49.6 Å². The Hall–Kier alpha value is -2.69. The van der Waals surface area contributed by atoms with Gasteiger partial charge in [0.25, 0.3) is 0 Å². The van der Waals surface area contributed by atoms with Crippen LogP contribution in [0, 0.1) is 0 Å². The summed E-state index contributed by atoms with van der Waals surface area (Å²) < 4.78 is 0. The minimum Gasteiger partial charge on any atom is -0.369 e. The summed E-state index contributed by atoms with van der Waals surface area (Å²) in [6.45, 7) is 12.8. The van der Waals surface area contributed by atoms with Crippen LogP contribution in [0.2, 0.25) is 0 Å². The molecule has 0 aromatic heterocycles. The number of piperidine rings is 1. The van der Waals surface area contributed by atoms with Gasteiger partial charge in [0.2, 0.25) is 5.91 Å². The summed E-state index contributed by atoms with van der Waals surface area (Å²) in [5, 5.41) is 2.31. The third-order valence-electron chi connectivity index (χ3n) is 8.61. The van der Waals surface area contributed by atoms with Gasteiger partial charge in [-0.05, 0) is 101 Å². The van der Waals surface area contributed by atoms with Crippen molar-refractivity contribution in [3.05, 3.63) is 83.9 Å². The van der Waals surface area contributed by atoms with Gasteiger partial charge in [0.05, 0.1) is 5.41 Å². The second-order valence-electron chi connectivity index (χ2n) is 11.4. The smallest absolute Gasteiger partial charge is 0.228 e. The Morgan fingerprint density at radius 3 is 2.16 bits per heavy atom. The third-order valence-corrected chi connectivity index (χ3v) is 8.61. The molecule has 1 atom stereocenters. The van der Waals surface area contributed by atoms with Crippen LogP contribution in [0.1, 0.15) is 70.4 Å². The van der Waals surface area contributed by atoms with E-state index in [4.69, 9.17) is 5.73 Å². The number of nitrogens with zero attached hydrogens (tertiary/aromatic N) is 2. The molecule has 4 heteroatoms. The Kier molecular flexibility index (Phi) is 9.04. The van der Waals surface area contributed by atoms with Gasteiger partial charge in [0.1, 0.15) is 0 Å². The number of amides is 1. The number of benzene rings is 3. The maximum absolute atomic E-state index is 13.5. The molecule has 1 fully saturated rings. The number of rotatable bonds is 11. The number of hydrogen-bond donors (Lipinski definition) is 1. The lowest BCUT2D eigenvalue weighted by Crippen LogP contribution is -2.48.